The van der Waals surface area contributed by atoms with Crippen molar-refractivity contribution in [2.45, 2.75) is 64.6 Å². The van der Waals surface area contributed by atoms with Crippen molar-refractivity contribution in [1.29, 1.82) is 0 Å². The first-order chi connectivity index (χ1) is 16.9. The molecule has 1 unspecified atom stereocenters. The largest absolute Gasteiger partial charge is 0.404 e. The van der Waals surface area contributed by atoms with E-state index in [2.05, 4.69) is 20.9 Å². The Hall–Kier alpha value is -2.06. The Morgan fingerprint density at radius 1 is 1.23 bits per heavy atom. The summed E-state index contributed by atoms with van der Waals surface area (Å²) in [6.45, 7) is 8.39. The van der Waals surface area contributed by atoms with Crippen molar-refractivity contribution in [3.05, 3.63) is 57.5 Å². The molecule has 2 fully saturated rings. The summed E-state index contributed by atoms with van der Waals surface area (Å²) in [6.07, 6.45) is 8.99. The van der Waals surface area contributed by atoms with Crippen LogP contribution in [-0.2, 0) is 11.3 Å². The molecule has 192 valence electrons. The minimum atomic E-state index is -0.271. The highest BCUT2D eigenvalue weighted by Gasteiger charge is 2.24. The second kappa shape index (κ2) is 13.9. The summed E-state index contributed by atoms with van der Waals surface area (Å²) in [5.74, 6) is 0.321. The number of hydrogen-bond donors (Lipinski definition) is 4. The minimum Gasteiger partial charge on any atom is -0.404 e. The van der Waals surface area contributed by atoms with Crippen LogP contribution in [0.3, 0.4) is 0 Å². The summed E-state index contributed by atoms with van der Waals surface area (Å²) >= 11 is 12.1. The number of rotatable bonds is 9. The number of nitrogens with zero attached hydrogens (tertiary/aromatic N) is 2. The van der Waals surface area contributed by atoms with E-state index in [1.54, 1.807) is 12.1 Å². The van der Waals surface area contributed by atoms with Crippen LogP contribution in [0.5, 0.6) is 0 Å². The van der Waals surface area contributed by atoms with E-state index in [0.717, 1.165) is 44.6 Å². The van der Waals surface area contributed by atoms with Gasteiger partial charge in [0, 0.05) is 32.2 Å². The molecule has 1 aromatic carbocycles. The number of carbonyl (C=O) groups is 1. The molecule has 1 atom stereocenters. The zero-order valence-electron chi connectivity index (χ0n) is 20.7. The second-order valence-electron chi connectivity index (χ2n) is 9.26. The third kappa shape index (κ3) is 8.53. The Morgan fingerprint density at radius 2 is 2.00 bits per heavy atom. The quantitative estimate of drug-likeness (QED) is 0.369. The van der Waals surface area contributed by atoms with Crippen LogP contribution in [0.1, 0.15) is 51.5 Å². The first kappa shape index (κ1) is 27.5. The molecule has 7 nitrogen and oxygen atoms in total. The Bertz CT molecular complexity index is 947. The van der Waals surface area contributed by atoms with E-state index in [1.165, 1.54) is 25.5 Å². The predicted octanol–water partition coefficient (Wildman–Crippen LogP) is 3.97. The number of piperidine rings is 2. The molecule has 2 aliphatic rings. The van der Waals surface area contributed by atoms with Crippen LogP contribution in [0.25, 0.3) is 0 Å². The van der Waals surface area contributed by atoms with Crippen LogP contribution in [0, 0.1) is 0 Å². The molecular weight excluding hydrogens is 483 g/mol. The van der Waals surface area contributed by atoms with Crippen molar-refractivity contribution in [1.82, 2.24) is 20.9 Å². The molecule has 2 heterocycles. The topological polar surface area (TPSA) is 94.8 Å². The van der Waals surface area contributed by atoms with Crippen LogP contribution >= 0.6 is 23.2 Å². The fraction of sp³-hybridized carbons (Fsp3) is 0.538. The number of likely N-dealkylation sites (tertiary alicyclic amines) is 1. The zero-order chi connectivity index (χ0) is 25.2. The van der Waals surface area contributed by atoms with Crippen molar-refractivity contribution in [2.75, 3.05) is 26.2 Å². The van der Waals surface area contributed by atoms with Crippen LogP contribution in [0.4, 0.5) is 0 Å². The first-order valence-electron chi connectivity index (χ1n) is 12.5. The van der Waals surface area contributed by atoms with Crippen LogP contribution in [0.2, 0.25) is 10.0 Å². The summed E-state index contributed by atoms with van der Waals surface area (Å²) in [6, 6.07) is 6.16. The van der Waals surface area contributed by atoms with E-state index < -0.39 is 0 Å². The molecule has 2 aliphatic heterocycles. The van der Waals surface area contributed by atoms with Gasteiger partial charge in [0.15, 0.2) is 0 Å². The second-order valence-corrected chi connectivity index (χ2v) is 10.1. The van der Waals surface area contributed by atoms with E-state index in [4.69, 9.17) is 33.9 Å². The summed E-state index contributed by atoms with van der Waals surface area (Å²) in [4.78, 5) is 20.5. The average molecular weight is 522 g/mol. The number of benzene rings is 1. The molecule has 0 radical (unpaired) electrons. The van der Waals surface area contributed by atoms with Gasteiger partial charge >= 0.3 is 0 Å². The lowest BCUT2D eigenvalue weighted by molar-refractivity contribution is -0.114. The van der Waals surface area contributed by atoms with E-state index >= 15 is 0 Å². The summed E-state index contributed by atoms with van der Waals surface area (Å²) in [5.41, 5.74) is 7.78. The molecule has 35 heavy (non-hydrogen) atoms. The third-order valence-electron chi connectivity index (χ3n) is 6.60. The molecule has 0 spiro atoms. The molecule has 1 aromatic rings. The van der Waals surface area contributed by atoms with Crippen molar-refractivity contribution in [2.24, 2.45) is 10.7 Å². The van der Waals surface area contributed by atoms with Gasteiger partial charge in [0.05, 0.1) is 16.1 Å². The van der Waals surface area contributed by atoms with Gasteiger partial charge in [0.2, 0.25) is 0 Å². The summed E-state index contributed by atoms with van der Waals surface area (Å²) in [7, 11) is 0. The predicted molar refractivity (Wildman–Crippen MR) is 146 cm³/mol. The van der Waals surface area contributed by atoms with Gasteiger partial charge in [0.1, 0.15) is 11.5 Å². The Morgan fingerprint density at radius 3 is 2.63 bits per heavy atom. The smallest absolute Gasteiger partial charge is 0.275 e. The Balaban J connectivity index is 1.56. The maximum Gasteiger partial charge on any atom is 0.275 e. The van der Waals surface area contributed by atoms with Crippen LogP contribution in [0.15, 0.2) is 46.9 Å². The molecular formula is C26H38Cl2N6O. The molecule has 0 aliphatic carbocycles. The van der Waals surface area contributed by atoms with Gasteiger partial charge < -0.3 is 26.6 Å². The number of allylic oxidation sites excluding steroid dienone is 1. The number of halogens is 2. The standard InChI is InChI=1S/C26H38Cl2N6O/c1-3-24(31-16-19-7-8-22(27)23(28)14-19)33-26(35)25(18(2)15-29)32-20-9-12-34(13-10-20)17-21-6-4-5-11-30-21/h3,7-8,14-15,20-21,30-31H,4-6,9-13,16-17,29H2,1-2H3,(H,33,35)/b18-15-,24-3?,32-25?. The lowest BCUT2D eigenvalue weighted by Crippen LogP contribution is -2.46. The number of carbonyl (C=O) groups excluding carboxylic acids is 1. The zero-order valence-corrected chi connectivity index (χ0v) is 22.3. The monoisotopic (exact) mass is 520 g/mol. The normalized spacial score (nSPS) is 21.1. The highest BCUT2D eigenvalue weighted by atomic mass is 35.5. The molecule has 9 heteroatoms. The van der Waals surface area contributed by atoms with E-state index in [-0.39, 0.29) is 11.9 Å². The Labute approximate surface area is 219 Å². The molecule has 0 saturated carbocycles. The van der Waals surface area contributed by atoms with E-state index in [9.17, 15) is 4.79 Å². The average Bonchev–Trinajstić information content (AvgIpc) is 2.88. The number of nitrogens with two attached hydrogens (primary N) is 1. The van der Waals surface area contributed by atoms with Gasteiger partial charge in [-0.15, -0.1) is 0 Å². The van der Waals surface area contributed by atoms with Crippen LogP contribution < -0.4 is 21.7 Å². The maximum atomic E-state index is 13.1. The van der Waals surface area contributed by atoms with Crippen molar-refractivity contribution >= 4 is 34.8 Å². The maximum absolute atomic E-state index is 13.1. The number of hydrogen-bond acceptors (Lipinski definition) is 6. The summed E-state index contributed by atoms with van der Waals surface area (Å²) < 4.78 is 0. The van der Waals surface area contributed by atoms with Gasteiger partial charge in [-0.2, -0.15) is 0 Å². The van der Waals surface area contributed by atoms with Gasteiger partial charge in [-0.25, -0.2) is 0 Å². The van der Waals surface area contributed by atoms with Gasteiger partial charge in [-0.1, -0.05) is 35.7 Å². The van der Waals surface area contributed by atoms with Gasteiger partial charge in [0.25, 0.3) is 5.91 Å². The van der Waals surface area contributed by atoms with Crippen molar-refractivity contribution in [3.8, 4) is 0 Å². The van der Waals surface area contributed by atoms with Crippen LogP contribution in [-0.4, -0.2) is 54.8 Å². The minimum absolute atomic E-state index is 0.111. The third-order valence-corrected chi connectivity index (χ3v) is 7.34. The number of aliphatic imine (C=N–C) groups is 1. The molecule has 0 bridgehead atoms. The fourth-order valence-corrected chi connectivity index (χ4v) is 4.79. The van der Waals surface area contributed by atoms with E-state index in [1.807, 2.05) is 26.0 Å². The molecule has 3 rings (SSSR count). The highest BCUT2D eigenvalue weighted by molar-refractivity contribution is 6.45. The molecule has 0 aromatic heterocycles. The SMILES string of the molecule is CC=C(NCc1ccc(Cl)c(Cl)c1)NC(=O)C(=NC1CCN(CC2CCCCN2)CC1)/C(C)=C\N. The number of amides is 1. The lowest BCUT2D eigenvalue weighted by atomic mass is 10.0. The van der Waals surface area contributed by atoms with Gasteiger partial charge in [-0.05, 0) is 81.6 Å². The highest BCUT2D eigenvalue weighted by Crippen LogP contribution is 2.22. The lowest BCUT2D eigenvalue weighted by Gasteiger charge is -2.34. The van der Waals surface area contributed by atoms with E-state index in [0.29, 0.717) is 39.7 Å². The van der Waals surface area contributed by atoms with Crippen molar-refractivity contribution in [3.63, 3.8) is 0 Å². The molecule has 5 N–H and O–H groups in total. The summed E-state index contributed by atoms with van der Waals surface area (Å²) in [5, 5.41) is 10.8. The fourth-order valence-electron chi connectivity index (χ4n) is 4.47. The number of nitrogens with one attached hydrogen (secondary N) is 3. The van der Waals surface area contributed by atoms with Gasteiger partial charge in [-0.3, -0.25) is 9.79 Å². The molecule has 2 saturated heterocycles. The first-order valence-corrected chi connectivity index (χ1v) is 13.2. The Kier molecular flexibility index (Phi) is 10.9. The van der Waals surface area contributed by atoms with Crippen molar-refractivity contribution < 1.29 is 4.79 Å². The molecule has 1 amide bonds.